The summed E-state index contributed by atoms with van der Waals surface area (Å²) in [6, 6.07) is 11.1. The summed E-state index contributed by atoms with van der Waals surface area (Å²) in [6.45, 7) is 0. The Kier molecular flexibility index (Phi) is 2.78. The number of rotatable bonds is 2. The quantitative estimate of drug-likeness (QED) is 0.660. The summed E-state index contributed by atoms with van der Waals surface area (Å²) in [5, 5.41) is 0.971. The van der Waals surface area contributed by atoms with Crippen LogP contribution in [0.15, 0.2) is 48.8 Å². The van der Waals surface area contributed by atoms with Gasteiger partial charge in [-0.1, -0.05) is 12.1 Å². The van der Waals surface area contributed by atoms with Gasteiger partial charge in [-0.2, -0.15) is 4.98 Å². The van der Waals surface area contributed by atoms with Crippen molar-refractivity contribution < 1.29 is 4.74 Å². The molecule has 0 aliphatic rings. The maximum absolute atomic E-state index is 5.87. The maximum Gasteiger partial charge on any atom is 0.231 e. The topological polar surface area (TPSA) is 47.9 Å². The molecule has 0 bridgehead atoms. The molecule has 88 valence electrons. The predicted octanol–water partition coefficient (Wildman–Crippen LogP) is 3.47. The van der Waals surface area contributed by atoms with Gasteiger partial charge in [-0.15, -0.1) is 0 Å². The van der Waals surface area contributed by atoms with Crippen LogP contribution >= 0.6 is 11.6 Å². The number of fused-ring (bicyclic) bond motifs is 1. The lowest BCUT2D eigenvalue weighted by atomic mass is 10.2. The van der Waals surface area contributed by atoms with Crippen molar-refractivity contribution in [2.24, 2.45) is 0 Å². The lowest BCUT2D eigenvalue weighted by molar-refractivity contribution is 0.466. The monoisotopic (exact) mass is 257 g/mol. The largest absolute Gasteiger partial charge is 0.437 e. The van der Waals surface area contributed by atoms with Crippen LogP contribution < -0.4 is 4.74 Å². The third-order valence-corrected chi connectivity index (χ3v) is 2.56. The van der Waals surface area contributed by atoms with E-state index in [-0.39, 0.29) is 5.28 Å². The molecule has 0 saturated heterocycles. The number of para-hydroxylation sites is 1. The van der Waals surface area contributed by atoms with Crippen LogP contribution in [-0.2, 0) is 0 Å². The van der Waals surface area contributed by atoms with Crippen LogP contribution in [0.4, 0.5) is 0 Å². The van der Waals surface area contributed by atoms with Crippen molar-refractivity contribution >= 4 is 22.5 Å². The summed E-state index contributed by atoms with van der Waals surface area (Å²) in [6.07, 6.45) is 3.29. The Hall–Kier alpha value is -2.20. The van der Waals surface area contributed by atoms with E-state index in [1.54, 1.807) is 24.5 Å². The van der Waals surface area contributed by atoms with Gasteiger partial charge in [0.15, 0.2) is 0 Å². The zero-order chi connectivity index (χ0) is 12.4. The number of aromatic nitrogens is 3. The molecule has 0 aliphatic heterocycles. The van der Waals surface area contributed by atoms with Gasteiger partial charge in [-0.05, 0) is 35.9 Å². The van der Waals surface area contributed by atoms with Crippen LogP contribution in [0.1, 0.15) is 0 Å². The summed E-state index contributed by atoms with van der Waals surface area (Å²) in [7, 11) is 0. The molecule has 0 atom stereocenters. The van der Waals surface area contributed by atoms with Crippen LogP contribution in [0.2, 0.25) is 5.28 Å². The molecule has 1 aromatic carbocycles. The van der Waals surface area contributed by atoms with E-state index >= 15 is 0 Å². The molecule has 0 radical (unpaired) electrons. The van der Waals surface area contributed by atoms with Crippen LogP contribution in [0.3, 0.4) is 0 Å². The molecule has 2 heterocycles. The zero-order valence-electron chi connectivity index (χ0n) is 9.25. The molecule has 0 fully saturated rings. The Bertz CT molecular complexity index is 688. The van der Waals surface area contributed by atoms with Crippen molar-refractivity contribution in [2.45, 2.75) is 0 Å². The van der Waals surface area contributed by atoms with Crippen molar-refractivity contribution in [3.05, 3.63) is 54.1 Å². The van der Waals surface area contributed by atoms with Gasteiger partial charge in [0.2, 0.25) is 11.2 Å². The van der Waals surface area contributed by atoms with Gasteiger partial charge in [0.05, 0.1) is 17.1 Å². The highest BCUT2D eigenvalue weighted by molar-refractivity contribution is 6.28. The second-order valence-corrected chi connectivity index (χ2v) is 3.94. The van der Waals surface area contributed by atoms with E-state index in [1.165, 1.54) is 0 Å². The van der Waals surface area contributed by atoms with Gasteiger partial charge in [0.25, 0.3) is 0 Å². The van der Waals surface area contributed by atoms with E-state index < -0.39 is 0 Å². The van der Waals surface area contributed by atoms with Crippen molar-refractivity contribution in [1.29, 1.82) is 0 Å². The van der Waals surface area contributed by atoms with Crippen LogP contribution in [0.25, 0.3) is 10.9 Å². The van der Waals surface area contributed by atoms with E-state index in [0.29, 0.717) is 11.6 Å². The van der Waals surface area contributed by atoms with Gasteiger partial charge in [-0.3, -0.25) is 4.98 Å². The maximum atomic E-state index is 5.87. The Morgan fingerprint density at radius 2 is 1.89 bits per heavy atom. The fourth-order valence-electron chi connectivity index (χ4n) is 1.62. The van der Waals surface area contributed by atoms with E-state index in [2.05, 4.69) is 15.0 Å². The highest BCUT2D eigenvalue weighted by atomic mass is 35.5. The highest BCUT2D eigenvalue weighted by Gasteiger charge is 2.08. The second-order valence-electron chi connectivity index (χ2n) is 3.61. The van der Waals surface area contributed by atoms with Gasteiger partial charge in [-0.25, -0.2) is 4.98 Å². The molecular weight excluding hydrogens is 250 g/mol. The number of hydrogen-bond donors (Lipinski definition) is 0. The minimum atomic E-state index is 0.160. The first-order valence-corrected chi connectivity index (χ1v) is 5.71. The lowest BCUT2D eigenvalue weighted by Gasteiger charge is -2.07. The average molecular weight is 258 g/mol. The Morgan fingerprint density at radius 3 is 2.72 bits per heavy atom. The molecule has 0 unspecified atom stereocenters. The summed E-state index contributed by atoms with van der Waals surface area (Å²) < 4.78 is 5.67. The number of pyridine rings is 1. The predicted molar refractivity (Wildman–Crippen MR) is 68.9 cm³/mol. The Morgan fingerprint density at radius 1 is 1.00 bits per heavy atom. The minimum absolute atomic E-state index is 0.160. The fraction of sp³-hybridized carbons (Fsp3) is 0. The number of benzene rings is 1. The molecule has 3 rings (SSSR count). The van der Waals surface area contributed by atoms with Crippen molar-refractivity contribution in [3.63, 3.8) is 0 Å². The summed E-state index contributed by atoms with van der Waals surface area (Å²) in [4.78, 5) is 12.2. The summed E-state index contributed by atoms with van der Waals surface area (Å²) >= 11 is 5.87. The standard InChI is InChI=1S/C13H8ClN3O/c14-13-16-11-6-2-1-5-10(11)12(17-13)18-9-4-3-7-15-8-9/h1-8H. The van der Waals surface area contributed by atoms with Crippen molar-refractivity contribution in [3.8, 4) is 11.6 Å². The molecule has 18 heavy (non-hydrogen) atoms. The van der Waals surface area contributed by atoms with Crippen LogP contribution in [0.5, 0.6) is 11.6 Å². The van der Waals surface area contributed by atoms with E-state index in [4.69, 9.17) is 16.3 Å². The molecule has 0 aliphatic carbocycles. The molecule has 0 saturated carbocycles. The van der Waals surface area contributed by atoms with Crippen LogP contribution in [-0.4, -0.2) is 15.0 Å². The molecule has 0 amide bonds. The smallest absolute Gasteiger partial charge is 0.231 e. The number of nitrogens with zero attached hydrogens (tertiary/aromatic N) is 3. The average Bonchev–Trinajstić information content (AvgIpc) is 2.40. The molecule has 2 aromatic heterocycles. The first-order valence-electron chi connectivity index (χ1n) is 5.33. The number of hydrogen-bond acceptors (Lipinski definition) is 4. The van der Waals surface area contributed by atoms with Gasteiger partial charge in [0, 0.05) is 6.20 Å². The molecule has 0 N–H and O–H groups in total. The molecule has 5 heteroatoms. The molecule has 0 spiro atoms. The second kappa shape index (κ2) is 4.58. The Balaban J connectivity index is 2.11. The molecular formula is C13H8ClN3O. The van der Waals surface area contributed by atoms with Gasteiger partial charge < -0.3 is 4.74 Å². The minimum Gasteiger partial charge on any atom is -0.437 e. The first kappa shape index (κ1) is 10.9. The normalized spacial score (nSPS) is 10.5. The highest BCUT2D eigenvalue weighted by Crippen LogP contribution is 2.27. The molecule has 3 aromatic rings. The fourth-order valence-corrected chi connectivity index (χ4v) is 1.79. The van der Waals surface area contributed by atoms with Crippen molar-refractivity contribution in [1.82, 2.24) is 15.0 Å². The first-order chi connectivity index (χ1) is 8.83. The Labute approximate surface area is 108 Å². The lowest BCUT2D eigenvalue weighted by Crippen LogP contribution is -1.93. The van der Waals surface area contributed by atoms with Gasteiger partial charge >= 0.3 is 0 Å². The van der Waals surface area contributed by atoms with E-state index in [1.807, 2.05) is 24.3 Å². The van der Waals surface area contributed by atoms with Crippen LogP contribution in [0, 0.1) is 0 Å². The number of ether oxygens (including phenoxy) is 1. The SMILES string of the molecule is Clc1nc(Oc2cccnc2)c2ccccc2n1. The van der Waals surface area contributed by atoms with E-state index in [0.717, 1.165) is 10.9 Å². The van der Waals surface area contributed by atoms with Gasteiger partial charge in [0.1, 0.15) is 5.75 Å². The third kappa shape index (κ3) is 2.10. The summed E-state index contributed by atoms with van der Waals surface area (Å²) in [5.74, 6) is 1.04. The molecule has 4 nitrogen and oxygen atoms in total. The van der Waals surface area contributed by atoms with Crippen molar-refractivity contribution in [2.75, 3.05) is 0 Å². The third-order valence-electron chi connectivity index (χ3n) is 2.39. The van der Waals surface area contributed by atoms with E-state index in [9.17, 15) is 0 Å². The summed E-state index contributed by atoms with van der Waals surface area (Å²) in [5.41, 5.74) is 0.747. The zero-order valence-corrected chi connectivity index (χ0v) is 10.0. The number of halogens is 1.